The fourth-order valence-electron chi connectivity index (χ4n) is 1.04. The van der Waals surface area contributed by atoms with Crippen LogP contribution < -0.4 is 0 Å². The monoisotopic (exact) mass is 242 g/mol. The first kappa shape index (κ1) is 10.8. The van der Waals surface area contributed by atoms with Crippen molar-refractivity contribution in [2.75, 3.05) is 17.8 Å². The maximum absolute atomic E-state index is 11.0. The molecule has 2 nitrogen and oxygen atoms in total. The van der Waals surface area contributed by atoms with Crippen LogP contribution in [-0.2, 0) is 9.84 Å². The van der Waals surface area contributed by atoms with Gasteiger partial charge in [-0.3, -0.25) is 0 Å². The van der Waals surface area contributed by atoms with E-state index in [0.29, 0.717) is 11.5 Å². The van der Waals surface area contributed by atoms with Crippen LogP contribution >= 0.6 is 35.7 Å². The zero-order valence-corrected chi connectivity index (χ0v) is 9.91. The Morgan fingerprint density at radius 3 is 2.67 bits per heavy atom. The number of hydrogen-bond acceptors (Lipinski definition) is 5. The molecule has 0 spiro atoms. The fourth-order valence-corrected chi connectivity index (χ4v) is 5.33. The Kier molecular flexibility index (Phi) is 3.88. The fraction of sp³-hybridized carbons (Fsp3) is 0.833. The van der Waals surface area contributed by atoms with Gasteiger partial charge in [0.25, 0.3) is 0 Å². The van der Waals surface area contributed by atoms with Gasteiger partial charge in [-0.2, -0.15) is 0 Å². The van der Waals surface area contributed by atoms with Crippen molar-refractivity contribution in [3.63, 3.8) is 0 Å². The van der Waals surface area contributed by atoms with Crippen molar-refractivity contribution in [3.05, 3.63) is 0 Å². The summed E-state index contributed by atoms with van der Waals surface area (Å²) >= 11 is 8.03. The normalized spacial score (nSPS) is 27.2. The largest absolute Gasteiger partial charge is 0.229 e. The smallest absolute Gasteiger partial charge is 0.151 e. The van der Waals surface area contributed by atoms with Gasteiger partial charge in [0.1, 0.15) is 3.53 Å². The molecular formula is C6H10O2S4. The third-order valence-electron chi connectivity index (χ3n) is 1.62. The highest BCUT2D eigenvalue weighted by molar-refractivity contribution is 8.47. The van der Waals surface area contributed by atoms with Crippen LogP contribution in [0.3, 0.4) is 0 Å². The number of thioether (sulfide) groups is 2. The van der Waals surface area contributed by atoms with Gasteiger partial charge >= 0.3 is 0 Å². The van der Waals surface area contributed by atoms with Gasteiger partial charge in [0, 0.05) is 5.25 Å². The minimum atomic E-state index is -2.74. The van der Waals surface area contributed by atoms with Crippen molar-refractivity contribution >= 4 is 49.1 Å². The SMILES string of the molecule is CSC(=S)S[C@H]1CCS(=O)(=O)C1. The predicted molar refractivity (Wildman–Crippen MR) is 60.8 cm³/mol. The Bertz CT molecular complexity index is 269. The molecule has 0 saturated carbocycles. The predicted octanol–water partition coefficient (Wildman–Crippen LogP) is 1.55. The maximum atomic E-state index is 11.0. The first-order valence-corrected chi connectivity index (χ1v) is 7.82. The molecule has 0 bridgehead atoms. The van der Waals surface area contributed by atoms with Gasteiger partial charge in [0.15, 0.2) is 9.84 Å². The lowest BCUT2D eigenvalue weighted by Crippen LogP contribution is -2.07. The van der Waals surface area contributed by atoms with E-state index in [1.54, 1.807) is 0 Å². The van der Waals surface area contributed by atoms with E-state index in [-0.39, 0.29) is 5.25 Å². The molecule has 1 aliphatic rings. The molecule has 1 aliphatic heterocycles. The zero-order valence-electron chi connectivity index (χ0n) is 6.65. The van der Waals surface area contributed by atoms with E-state index < -0.39 is 9.84 Å². The van der Waals surface area contributed by atoms with Crippen molar-refractivity contribution in [3.8, 4) is 0 Å². The van der Waals surface area contributed by atoms with Gasteiger partial charge in [0.2, 0.25) is 0 Å². The molecule has 1 fully saturated rings. The second-order valence-electron chi connectivity index (χ2n) is 2.60. The van der Waals surface area contributed by atoms with Crippen LogP contribution in [0, 0.1) is 0 Å². The average Bonchev–Trinajstić information content (AvgIpc) is 2.30. The molecular weight excluding hydrogens is 232 g/mol. The van der Waals surface area contributed by atoms with Crippen LogP contribution in [0.2, 0.25) is 0 Å². The molecule has 0 aromatic heterocycles. The Morgan fingerprint density at radius 1 is 1.58 bits per heavy atom. The first-order chi connectivity index (χ1) is 5.53. The van der Waals surface area contributed by atoms with Crippen molar-refractivity contribution < 1.29 is 8.42 Å². The molecule has 0 unspecified atom stereocenters. The molecule has 1 atom stereocenters. The van der Waals surface area contributed by atoms with Crippen molar-refractivity contribution in [2.45, 2.75) is 11.7 Å². The molecule has 0 aromatic carbocycles. The van der Waals surface area contributed by atoms with E-state index >= 15 is 0 Å². The summed E-state index contributed by atoms with van der Waals surface area (Å²) in [6, 6.07) is 0. The molecule has 0 aliphatic carbocycles. The minimum absolute atomic E-state index is 0.204. The van der Waals surface area contributed by atoms with E-state index in [1.807, 2.05) is 6.26 Å². The molecule has 0 radical (unpaired) electrons. The highest BCUT2D eigenvalue weighted by Gasteiger charge is 2.28. The molecule has 1 rings (SSSR count). The lowest BCUT2D eigenvalue weighted by Gasteiger charge is -2.04. The van der Waals surface area contributed by atoms with Crippen LogP contribution in [0.5, 0.6) is 0 Å². The van der Waals surface area contributed by atoms with Gasteiger partial charge in [-0.1, -0.05) is 12.2 Å². The Balaban J connectivity index is 2.43. The summed E-state index contributed by atoms with van der Waals surface area (Å²) < 4.78 is 22.9. The molecule has 1 saturated heterocycles. The molecule has 0 N–H and O–H groups in total. The van der Waals surface area contributed by atoms with E-state index in [1.165, 1.54) is 23.5 Å². The first-order valence-electron chi connectivity index (χ1n) is 3.48. The molecule has 0 aromatic rings. The third-order valence-corrected chi connectivity index (χ3v) is 6.44. The standard InChI is InChI=1S/C6H10O2S4/c1-10-6(9)11-5-2-3-12(7,8)4-5/h5H,2-4H2,1H3/t5-/m0/s1. The quantitative estimate of drug-likeness (QED) is 0.652. The summed E-state index contributed by atoms with van der Waals surface area (Å²) in [6.07, 6.45) is 2.67. The Morgan fingerprint density at radius 2 is 2.25 bits per heavy atom. The average molecular weight is 242 g/mol. The maximum Gasteiger partial charge on any atom is 0.151 e. The highest BCUT2D eigenvalue weighted by atomic mass is 32.2. The minimum Gasteiger partial charge on any atom is -0.229 e. The molecule has 6 heteroatoms. The van der Waals surface area contributed by atoms with Gasteiger partial charge in [-0.25, -0.2) is 8.42 Å². The van der Waals surface area contributed by atoms with Crippen molar-refractivity contribution in [2.24, 2.45) is 0 Å². The topological polar surface area (TPSA) is 34.1 Å². The summed E-state index contributed by atoms with van der Waals surface area (Å²) in [5, 5.41) is 0.204. The molecule has 12 heavy (non-hydrogen) atoms. The molecule has 0 amide bonds. The van der Waals surface area contributed by atoms with Crippen LogP contribution in [0.4, 0.5) is 0 Å². The van der Waals surface area contributed by atoms with Crippen molar-refractivity contribution in [1.29, 1.82) is 0 Å². The van der Waals surface area contributed by atoms with Crippen LogP contribution in [-0.4, -0.2) is 35.0 Å². The van der Waals surface area contributed by atoms with Crippen LogP contribution in [0.25, 0.3) is 0 Å². The summed E-state index contributed by atoms with van der Waals surface area (Å²) in [6.45, 7) is 0. The van der Waals surface area contributed by atoms with Gasteiger partial charge in [0.05, 0.1) is 11.5 Å². The summed E-state index contributed by atoms with van der Waals surface area (Å²) in [7, 11) is -2.74. The summed E-state index contributed by atoms with van der Waals surface area (Å²) in [4.78, 5) is 0. The number of hydrogen-bond donors (Lipinski definition) is 0. The molecule has 70 valence electrons. The lowest BCUT2D eigenvalue weighted by atomic mass is 10.4. The number of sulfone groups is 1. The summed E-state index contributed by atoms with van der Waals surface area (Å²) in [5.41, 5.74) is 0. The number of thiocarbonyl (C=S) groups is 1. The number of rotatable bonds is 1. The van der Waals surface area contributed by atoms with Crippen LogP contribution in [0.15, 0.2) is 0 Å². The van der Waals surface area contributed by atoms with Gasteiger partial charge in [-0.05, 0) is 12.7 Å². The Hall–Kier alpha value is 0.740. The second kappa shape index (κ2) is 4.30. The van der Waals surface area contributed by atoms with Crippen LogP contribution in [0.1, 0.15) is 6.42 Å². The van der Waals surface area contributed by atoms with Gasteiger partial charge in [-0.15, -0.1) is 23.5 Å². The third kappa shape index (κ3) is 3.24. The molecule has 1 heterocycles. The second-order valence-corrected chi connectivity index (χ2v) is 8.14. The highest BCUT2D eigenvalue weighted by Crippen LogP contribution is 2.28. The van der Waals surface area contributed by atoms with Gasteiger partial charge < -0.3 is 0 Å². The van der Waals surface area contributed by atoms with E-state index in [4.69, 9.17) is 12.2 Å². The Labute approximate surface area is 86.8 Å². The van der Waals surface area contributed by atoms with E-state index in [9.17, 15) is 8.42 Å². The van der Waals surface area contributed by atoms with Crippen molar-refractivity contribution in [1.82, 2.24) is 0 Å². The lowest BCUT2D eigenvalue weighted by molar-refractivity contribution is 0.602. The van der Waals surface area contributed by atoms with E-state index in [0.717, 1.165) is 9.95 Å². The summed E-state index contributed by atoms with van der Waals surface area (Å²) in [5.74, 6) is 0.639. The van der Waals surface area contributed by atoms with E-state index in [2.05, 4.69) is 0 Å². The zero-order chi connectivity index (χ0) is 9.19.